The van der Waals surface area contributed by atoms with Crippen molar-refractivity contribution < 1.29 is 4.74 Å². The first kappa shape index (κ1) is 12.6. The predicted octanol–water partition coefficient (Wildman–Crippen LogP) is 3.15. The van der Waals surface area contributed by atoms with Gasteiger partial charge in [0.05, 0.1) is 6.10 Å². The first-order valence-electron chi connectivity index (χ1n) is 6.67. The van der Waals surface area contributed by atoms with Crippen molar-refractivity contribution in [2.75, 3.05) is 13.2 Å². The van der Waals surface area contributed by atoms with Crippen molar-refractivity contribution in [1.82, 2.24) is 5.32 Å². The van der Waals surface area contributed by atoms with E-state index in [0.717, 1.165) is 13.2 Å². The van der Waals surface area contributed by atoms with Gasteiger partial charge in [0.1, 0.15) is 0 Å². The molecule has 0 aliphatic carbocycles. The van der Waals surface area contributed by atoms with Crippen LogP contribution in [0, 0.1) is 5.92 Å². The Bertz CT molecular complexity index is 317. The lowest BCUT2D eigenvalue weighted by atomic mass is 9.96. The van der Waals surface area contributed by atoms with E-state index in [9.17, 15) is 0 Å². The van der Waals surface area contributed by atoms with Crippen LogP contribution >= 0.6 is 0 Å². The molecule has 2 rings (SSSR count). The van der Waals surface area contributed by atoms with Gasteiger partial charge in [0.2, 0.25) is 0 Å². The van der Waals surface area contributed by atoms with Gasteiger partial charge in [-0.05, 0) is 24.3 Å². The Kier molecular flexibility index (Phi) is 4.57. The SMILES string of the molecule is CC(C)C(NCC1CCCO1)c1ccccc1. The quantitative estimate of drug-likeness (QED) is 0.843. The molecule has 0 radical (unpaired) electrons. The summed E-state index contributed by atoms with van der Waals surface area (Å²) in [6, 6.07) is 11.1. The average Bonchev–Trinajstić information content (AvgIpc) is 2.83. The molecule has 1 saturated heterocycles. The van der Waals surface area contributed by atoms with Gasteiger partial charge in [-0.1, -0.05) is 44.2 Å². The predicted molar refractivity (Wildman–Crippen MR) is 71.0 cm³/mol. The van der Waals surface area contributed by atoms with Crippen LogP contribution in [0.1, 0.15) is 38.3 Å². The van der Waals surface area contributed by atoms with Gasteiger partial charge in [-0.2, -0.15) is 0 Å². The van der Waals surface area contributed by atoms with Crippen LogP contribution in [0.4, 0.5) is 0 Å². The van der Waals surface area contributed by atoms with Gasteiger partial charge in [0.15, 0.2) is 0 Å². The minimum absolute atomic E-state index is 0.417. The van der Waals surface area contributed by atoms with Gasteiger partial charge in [-0.3, -0.25) is 0 Å². The molecule has 1 aromatic carbocycles. The van der Waals surface area contributed by atoms with Crippen LogP contribution < -0.4 is 5.32 Å². The van der Waals surface area contributed by atoms with E-state index in [1.807, 2.05) is 0 Å². The van der Waals surface area contributed by atoms with Crippen molar-refractivity contribution in [2.45, 2.75) is 38.8 Å². The van der Waals surface area contributed by atoms with E-state index in [1.54, 1.807) is 0 Å². The second-order valence-electron chi connectivity index (χ2n) is 5.18. The van der Waals surface area contributed by atoms with E-state index in [2.05, 4.69) is 49.5 Å². The summed E-state index contributed by atoms with van der Waals surface area (Å²) in [5.74, 6) is 0.596. The van der Waals surface area contributed by atoms with Crippen molar-refractivity contribution >= 4 is 0 Å². The summed E-state index contributed by atoms with van der Waals surface area (Å²) in [5.41, 5.74) is 1.38. The fraction of sp³-hybridized carbons (Fsp3) is 0.600. The van der Waals surface area contributed by atoms with E-state index in [-0.39, 0.29) is 0 Å². The smallest absolute Gasteiger partial charge is 0.0700 e. The summed E-state index contributed by atoms with van der Waals surface area (Å²) in [6.07, 6.45) is 2.83. The number of benzene rings is 1. The zero-order chi connectivity index (χ0) is 12.1. The number of hydrogen-bond donors (Lipinski definition) is 1. The number of hydrogen-bond acceptors (Lipinski definition) is 2. The van der Waals surface area contributed by atoms with Gasteiger partial charge in [-0.25, -0.2) is 0 Å². The molecule has 0 saturated carbocycles. The van der Waals surface area contributed by atoms with E-state index in [4.69, 9.17) is 4.74 Å². The van der Waals surface area contributed by atoms with Crippen LogP contribution in [0.25, 0.3) is 0 Å². The van der Waals surface area contributed by atoms with E-state index in [1.165, 1.54) is 18.4 Å². The Labute approximate surface area is 104 Å². The van der Waals surface area contributed by atoms with Crippen LogP contribution in [-0.4, -0.2) is 19.3 Å². The molecular weight excluding hydrogens is 210 g/mol. The molecule has 94 valence electrons. The number of ether oxygens (including phenoxy) is 1. The molecule has 0 spiro atoms. The van der Waals surface area contributed by atoms with Crippen molar-refractivity contribution in [2.24, 2.45) is 5.92 Å². The minimum Gasteiger partial charge on any atom is -0.377 e. The third-order valence-corrected chi connectivity index (χ3v) is 3.41. The normalized spacial score (nSPS) is 21.9. The maximum absolute atomic E-state index is 5.66. The molecule has 1 heterocycles. The fourth-order valence-electron chi connectivity index (χ4n) is 2.46. The van der Waals surface area contributed by atoms with Gasteiger partial charge >= 0.3 is 0 Å². The number of nitrogens with one attached hydrogen (secondary N) is 1. The Hall–Kier alpha value is -0.860. The molecule has 0 amide bonds. The maximum Gasteiger partial charge on any atom is 0.0700 e. The second-order valence-corrected chi connectivity index (χ2v) is 5.18. The van der Waals surface area contributed by atoms with Crippen LogP contribution in [-0.2, 0) is 4.74 Å². The summed E-state index contributed by atoms with van der Waals surface area (Å²) >= 11 is 0. The van der Waals surface area contributed by atoms with Gasteiger partial charge in [-0.15, -0.1) is 0 Å². The number of rotatable bonds is 5. The van der Waals surface area contributed by atoms with E-state index < -0.39 is 0 Å². The average molecular weight is 233 g/mol. The van der Waals surface area contributed by atoms with Crippen LogP contribution in [0.15, 0.2) is 30.3 Å². The Morgan fingerprint density at radius 3 is 2.65 bits per heavy atom. The summed E-state index contributed by atoms with van der Waals surface area (Å²) < 4.78 is 5.66. The molecule has 2 unspecified atom stereocenters. The minimum atomic E-state index is 0.417. The molecule has 1 aromatic rings. The highest BCUT2D eigenvalue weighted by atomic mass is 16.5. The molecule has 2 atom stereocenters. The molecule has 2 heteroatoms. The lowest BCUT2D eigenvalue weighted by Crippen LogP contribution is -2.32. The third-order valence-electron chi connectivity index (χ3n) is 3.41. The maximum atomic E-state index is 5.66. The summed E-state index contributed by atoms with van der Waals surface area (Å²) in [4.78, 5) is 0. The molecule has 0 bridgehead atoms. The van der Waals surface area contributed by atoms with E-state index in [0.29, 0.717) is 18.1 Å². The topological polar surface area (TPSA) is 21.3 Å². The molecule has 1 fully saturated rings. The van der Waals surface area contributed by atoms with Crippen molar-refractivity contribution in [3.8, 4) is 0 Å². The lowest BCUT2D eigenvalue weighted by molar-refractivity contribution is 0.105. The standard InChI is InChI=1S/C15H23NO/c1-12(2)15(13-7-4-3-5-8-13)16-11-14-9-6-10-17-14/h3-5,7-8,12,14-16H,6,9-11H2,1-2H3. The Morgan fingerprint density at radius 1 is 1.29 bits per heavy atom. The highest BCUT2D eigenvalue weighted by Crippen LogP contribution is 2.22. The molecule has 17 heavy (non-hydrogen) atoms. The second kappa shape index (κ2) is 6.18. The molecule has 2 nitrogen and oxygen atoms in total. The van der Waals surface area contributed by atoms with E-state index >= 15 is 0 Å². The molecular formula is C15H23NO. The molecule has 0 aromatic heterocycles. The van der Waals surface area contributed by atoms with Crippen LogP contribution in [0.5, 0.6) is 0 Å². The van der Waals surface area contributed by atoms with Gasteiger partial charge < -0.3 is 10.1 Å². The highest BCUT2D eigenvalue weighted by molar-refractivity contribution is 5.19. The summed E-state index contributed by atoms with van der Waals surface area (Å²) in [5, 5.41) is 3.65. The first-order valence-corrected chi connectivity index (χ1v) is 6.67. The lowest BCUT2D eigenvalue weighted by Gasteiger charge is -2.24. The zero-order valence-electron chi connectivity index (χ0n) is 10.9. The first-order chi connectivity index (χ1) is 8.27. The summed E-state index contributed by atoms with van der Waals surface area (Å²) in [7, 11) is 0. The van der Waals surface area contributed by atoms with Crippen molar-refractivity contribution in [3.05, 3.63) is 35.9 Å². The van der Waals surface area contributed by atoms with Crippen LogP contribution in [0.2, 0.25) is 0 Å². The van der Waals surface area contributed by atoms with Gasteiger partial charge in [0.25, 0.3) is 0 Å². The van der Waals surface area contributed by atoms with Crippen LogP contribution in [0.3, 0.4) is 0 Å². The monoisotopic (exact) mass is 233 g/mol. The third kappa shape index (κ3) is 3.55. The summed E-state index contributed by atoms with van der Waals surface area (Å²) in [6.45, 7) is 6.43. The largest absolute Gasteiger partial charge is 0.377 e. The fourth-order valence-corrected chi connectivity index (χ4v) is 2.46. The molecule has 1 aliphatic rings. The van der Waals surface area contributed by atoms with Crippen molar-refractivity contribution in [1.29, 1.82) is 0 Å². The zero-order valence-corrected chi connectivity index (χ0v) is 10.9. The molecule has 1 N–H and O–H groups in total. The highest BCUT2D eigenvalue weighted by Gasteiger charge is 2.19. The Morgan fingerprint density at radius 2 is 2.06 bits per heavy atom. The van der Waals surface area contributed by atoms with Gasteiger partial charge in [0, 0.05) is 19.2 Å². The van der Waals surface area contributed by atoms with Crippen molar-refractivity contribution in [3.63, 3.8) is 0 Å². The Balaban J connectivity index is 1.93. The molecule has 1 aliphatic heterocycles.